The number of hydrogen-bond donors (Lipinski definition) is 4. The number of nitrogens with one attached hydrogen (secondary N) is 3. The summed E-state index contributed by atoms with van der Waals surface area (Å²) in [5.41, 5.74) is 8.48. The van der Waals surface area contributed by atoms with E-state index in [1.165, 1.54) is 18.6 Å². The van der Waals surface area contributed by atoms with Gasteiger partial charge < -0.3 is 15.0 Å². The van der Waals surface area contributed by atoms with Crippen LogP contribution < -0.4 is 15.9 Å². The molecule has 0 bridgehead atoms. The van der Waals surface area contributed by atoms with Crippen molar-refractivity contribution < 1.29 is 27.3 Å². The Labute approximate surface area is 197 Å². The van der Waals surface area contributed by atoms with E-state index in [2.05, 4.69) is 10.2 Å². The molecule has 1 unspecified atom stereocenters. The molecule has 5 N–H and O–H groups in total. The SMILES string of the molecule is CCCCS(=O)(=O)NC(Cc1ccccc1)C(=O)ONC(=O)c1c(C(=N)N)ccc2cocc12. The molecule has 1 amide bonds. The second-order valence-corrected chi connectivity index (χ2v) is 9.53. The fraction of sp³-hybridized carbons (Fsp3) is 0.261. The number of benzene rings is 2. The van der Waals surface area contributed by atoms with Crippen molar-refractivity contribution in [2.24, 2.45) is 5.73 Å². The molecule has 0 spiro atoms. The van der Waals surface area contributed by atoms with Crippen molar-refractivity contribution in [1.29, 1.82) is 5.41 Å². The number of rotatable bonds is 10. The van der Waals surface area contributed by atoms with Gasteiger partial charge in [0.25, 0.3) is 5.91 Å². The number of carbonyl (C=O) groups excluding carboxylic acids is 2. The predicted octanol–water partition coefficient (Wildman–Crippen LogP) is 2.24. The Bertz CT molecular complexity index is 1290. The minimum absolute atomic E-state index is 0.00492. The van der Waals surface area contributed by atoms with Crippen LogP contribution in [0.2, 0.25) is 0 Å². The largest absolute Gasteiger partial charge is 0.471 e. The lowest BCUT2D eigenvalue weighted by atomic mass is 10.0. The molecule has 34 heavy (non-hydrogen) atoms. The molecule has 180 valence electrons. The smallest absolute Gasteiger partial charge is 0.350 e. The number of amides is 1. The van der Waals surface area contributed by atoms with Crippen LogP contribution in [0, 0.1) is 5.41 Å². The molecule has 0 saturated carbocycles. The van der Waals surface area contributed by atoms with Crippen molar-refractivity contribution in [3.8, 4) is 0 Å². The van der Waals surface area contributed by atoms with E-state index in [-0.39, 0.29) is 29.1 Å². The number of hydrogen-bond acceptors (Lipinski definition) is 7. The molecular weight excluding hydrogens is 460 g/mol. The summed E-state index contributed by atoms with van der Waals surface area (Å²) < 4.78 is 32.4. The van der Waals surface area contributed by atoms with Gasteiger partial charge in [-0.15, -0.1) is 0 Å². The summed E-state index contributed by atoms with van der Waals surface area (Å²) in [6.07, 6.45) is 3.86. The lowest BCUT2D eigenvalue weighted by Gasteiger charge is -2.18. The highest BCUT2D eigenvalue weighted by atomic mass is 32.2. The van der Waals surface area contributed by atoms with Gasteiger partial charge in [0.1, 0.15) is 11.9 Å². The molecule has 1 atom stereocenters. The fourth-order valence-electron chi connectivity index (χ4n) is 3.36. The number of carbonyl (C=O) groups is 2. The van der Waals surface area contributed by atoms with Crippen LogP contribution in [0.3, 0.4) is 0 Å². The quantitative estimate of drug-likeness (QED) is 0.194. The molecule has 0 saturated heterocycles. The normalized spacial score (nSPS) is 12.3. The number of nitrogens with two attached hydrogens (primary N) is 1. The van der Waals surface area contributed by atoms with Crippen LogP contribution in [-0.2, 0) is 26.1 Å². The van der Waals surface area contributed by atoms with E-state index < -0.39 is 27.9 Å². The van der Waals surface area contributed by atoms with Gasteiger partial charge in [-0.3, -0.25) is 10.2 Å². The first kappa shape index (κ1) is 24.9. The number of hydroxylamine groups is 1. The number of amidine groups is 1. The molecule has 10 nitrogen and oxygen atoms in total. The van der Waals surface area contributed by atoms with Crippen LogP contribution in [0.1, 0.15) is 41.3 Å². The molecule has 0 aliphatic heterocycles. The predicted molar refractivity (Wildman–Crippen MR) is 127 cm³/mol. The van der Waals surface area contributed by atoms with Gasteiger partial charge in [0.15, 0.2) is 0 Å². The van der Waals surface area contributed by atoms with E-state index >= 15 is 0 Å². The van der Waals surface area contributed by atoms with Crippen LogP contribution in [0.4, 0.5) is 0 Å². The molecule has 0 aliphatic rings. The number of fused-ring (bicyclic) bond motifs is 1. The minimum Gasteiger partial charge on any atom is -0.471 e. The zero-order chi connectivity index (χ0) is 24.7. The van der Waals surface area contributed by atoms with E-state index in [4.69, 9.17) is 20.4 Å². The first-order valence-electron chi connectivity index (χ1n) is 10.6. The van der Waals surface area contributed by atoms with Gasteiger partial charge in [-0.05, 0) is 24.5 Å². The molecule has 2 aromatic carbocycles. The zero-order valence-electron chi connectivity index (χ0n) is 18.5. The molecule has 11 heteroatoms. The van der Waals surface area contributed by atoms with Gasteiger partial charge in [0.2, 0.25) is 10.0 Å². The maximum Gasteiger partial charge on any atom is 0.350 e. The number of furan rings is 1. The lowest BCUT2D eigenvalue weighted by molar-refractivity contribution is -0.151. The maximum absolute atomic E-state index is 12.9. The molecule has 0 aliphatic carbocycles. The number of unbranched alkanes of at least 4 members (excludes halogenated alkanes) is 1. The summed E-state index contributed by atoms with van der Waals surface area (Å²) >= 11 is 0. The summed E-state index contributed by atoms with van der Waals surface area (Å²) in [5, 5.41) is 8.71. The first-order chi connectivity index (χ1) is 16.2. The van der Waals surface area contributed by atoms with Gasteiger partial charge in [-0.25, -0.2) is 17.9 Å². The second-order valence-electron chi connectivity index (χ2n) is 7.66. The third-order valence-corrected chi connectivity index (χ3v) is 6.55. The highest BCUT2D eigenvalue weighted by Crippen LogP contribution is 2.23. The summed E-state index contributed by atoms with van der Waals surface area (Å²) in [5.74, 6) is -2.32. The number of sulfonamides is 1. The third kappa shape index (κ3) is 6.21. The van der Waals surface area contributed by atoms with Crippen LogP contribution >= 0.6 is 0 Å². The van der Waals surface area contributed by atoms with Gasteiger partial charge >= 0.3 is 5.97 Å². The van der Waals surface area contributed by atoms with Crippen molar-refractivity contribution in [2.45, 2.75) is 32.2 Å². The van der Waals surface area contributed by atoms with Gasteiger partial charge in [-0.2, -0.15) is 5.48 Å². The molecule has 0 fully saturated rings. The summed E-state index contributed by atoms with van der Waals surface area (Å²) in [6, 6.07) is 10.7. The van der Waals surface area contributed by atoms with Crippen molar-refractivity contribution in [3.63, 3.8) is 0 Å². The molecule has 3 aromatic rings. The minimum atomic E-state index is -3.76. The Balaban J connectivity index is 1.79. The van der Waals surface area contributed by atoms with Crippen LogP contribution in [-0.4, -0.2) is 37.9 Å². The zero-order valence-corrected chi connectivity index (χ0v) is 19.4. The van der Waals surface area contributed by atoms with Crippen LogP contribution in [0.15, 0.2) is 59.4 Å². The van der Waals surface area contributed by atoms with Gasteiger partial charge in [-0.1, -0.05) is 49.7 Å². The first-order valence-corrected chi connectivity index (χ1v) is 12.2. The second kappa shape index (κ2) is 10.9. The van der Waals surface area contributed by atoms with Crippen LogP contribution in [0.25, 0.3) is 10.8 Å². The fourth-order valence-corrected chi connectivity index (χ4v) is 4.76. The Morgan fingerprint density at radius 2 is 1.88 bits per heavy atom. The van der Waals surface area contributed by atoms with Gasteiger partial charge in [0, 0.05) is 16.3 Å². The summed E-state index contributed by atoms with van der Waals surface area (Å²) in [7, 11) is -3.76. The van der Waals surface area contributed by atoms with E-state index in [1.807, 2.05) is 6.92 Å². The van der Waals surface area contributed by atoms with Crippen molar-refractivity contribution in [2.75, 3.05) is 5.75 Å². The monoisotopic (exact) mass is 486 g/mol. The molecular formula is C23H26N4O6S. The van der Waals surface area contributed by atoms with E-state index in [1.54, 1.807) is 36.4 Å². The molecule has 0 radical (unpaired) electrons. The lowest BCUT2D eigenvalue weighted by Crippen LogP contribution is -2.46. The Morgan fingerprint density at radius 3 is 2.56 bits per heavy atom. The van der Waals surface area contributed by atoms with Crippen LogP contribution in [0.5, 0.6) is 0 Å². The van der Waals surface area contributed by atoms with E-state index in [9.17, 15) is 18.0 Å². The molecule has 1 heterocycles. The molecule has 3 rings (SSSR count). The van der Waals surface area contributed by atoms with Crippen molar-refractivity contribution in [1.82, 2.24) is 10.2 Å². The number of nitrogen functional groups attached to an aromatic ring is 1. The summed E-state index contributed by atoms with van der Waals surface area (Å²) in [4.78, 5) is 30.7. The van der Waals surface area contributed by atoms with Crippen molar-refractivity contribution >= 4 is 38.5 Å². The Morgan fingerprint density at radius 1 is 1.15 bits per heavy atom. The Kier molecular flexibility index (Phi) is 8.03. The average Bonchev–Trinajstić information content (AvgIpc) is 3.29. The average molecular weight is 487 g/mol. The molecule has 1 aromatic heterocycles. The van der Waals surface area contributed by atoms with E-state index in [0.717, 1.165) is 0 Å². The Hall–Kier alpha value is -3.70. The maximum atomic E-state index is 12.9. The third-order valence-electron chi connectivity index (χ3n) is 5.08. The highest BCUT2D eigenvalue weighted by molar-refractivity contribution is 7.89. The highest BCUT2D eigenvalue weighted by Gasteiger charge is 2.28. The van der Waals surface area contributed by atoms with Gasteiger partial charge in [0.05, 0.1) is 23.8 Å². The van der Waals surface area contributed by atoms with Crippen molar-refractivity contribution in [3.05, 3.63) is 71.7 Å². The summed E-state index contributed by atoms with van der Waals surface area (Å²) in [6.45, 7) is 1.86. The topological polar surface area (TPSA) is 165 Å². The van der Waals surface area contributed by atoms with E-state index in [0.29, 0.717) is 29.2 Å². The standard InChI is InChI=1S/C23H26N4O6S/c1-2-3-11-34(30,31)27-19(12-15-7-5-4-6-8-15)23(29)33-26-22(28)20-17(21(24)25)10-9-16-13-32-14-18(16)20/h4-10,13-14,19,27H,2-3,11-12H2,1H3,(H3,24,25)(H,26,28).